The Balaban J connectivity index is 0.0000160. The van der Waals surface area contributed by atoms with Crippen molar-refractivity contribution in [3.8, 4) is 91.5 Å². The first-order valence-electron chi connectivity index (χ1n) is 45.9. The maximum absolute atomic E-state index is 6.90. The predicted molar refractivity (Wildman–Crippen MR) is 467 cm³/mol. The summed E-state index contributed by atoms with van der Waals surface area (Å²) in [6, 6.07) is 16.8. The third-order valence-corrected chi connectivity index (χ3v) is 22.1. The molecule has 0 fully saturated rings. The van der Waals surface area contributed by atoms with E-state index in [1.165, 1.54) is 205 Å². The number of nitrogens with zero attached hydrogens (tertiary/aromatic N) is 6. The van der Waals surface area contributed by atoms with Crippen LogP contribution in [0.5, 0.6) is 46.0 Å². The molecule has 7 aromatic rings. The van der Waals surface area contributed by atoms with Crippen LogP contribution in [0.15, 0.2) is 48.5 Å². The van der Waals surface area contributed by atoms with Crippen LogP contribution < -0.4 is 37.9 Å². The van der Waals surface area contributed by atoms with E-state index >= 15 is 0 Å². The Morgan fingerprint density at radius 3 is 0.487 bits per heavy atom. The Bertz CT molecular complexity index is 3510. The zero-order valence-electron chi connectivity index (χ0n) is 71.5. The molecular formula is C96H146N8O8Pt+2. The molecule has 9 rings (SSSR count). The van der Waals surface area contributed by atoms with E-state index < -0.39 is 0 Å². The molecule has 0 unspecified atom stereocenters. The van der Waals surface area contributed by atoms with Gasteiger partial charge >= 0.3 is 21.1 Å². The first-order valence-corrected chi connectivity index (χ1v) is 45.9. The van der Waals surface area contributed by atoms with Gasteiger partial charge in [-0.2, -0.15) is 0 Å². The molecular weight excluding hydrogens is 1590 g/mol. The van der Waals surface area contributed by atoms with Gasteiger partial charge in [-0.15, -0.1) is 0 Å². The zero-order valence-corrected chi connectivity index (χ0v) is 73.8. The number of hydrogen-bond acceptors (Lipinski definition) is 14. The summed E-state index contributed by atoms with van der Waals surface area (Å²) in [7, 11) is 0. The smallest absolute Gasteiger partial charge is 0.490 e. The van der Waals surface area contributed by atoms with Crippen LogP contribution in [0.3, 0.4) is 0 Å². The minimum absolute atomic E-state index is 0. The third kappa shape index (κ3) is 30.1. The van der Waals surface area contributed by atoms with Gasteiger partial charge < -0.3 is 47.9 Å². The molecule has 2 aliphatic heterocycles. The largest absolute Gasteiger partial charge is 2.00 e. The summed E-state index contributed by atoms with van der Waals surface area (Å²) in [5.41, 5.74) is 5.32. The molecule has 113 heavy (non-hydrogen) atoms. The van der Waals surface area contributed by atoms with Crippen LogP contribution in [-0.4, -0.2) is 92.7 Å². The van der Waals surface area contributed by atoms with Crippen molar-refractivity contribution < 1.29 is 59.0 Å². The second-order valence-corrected chi connectivity index (χ2v) is 31.9. The summed E-state index contributed by atoms with van der Waals surface area (Å²) >= 11 is 0. The van der Waals surface area contributed by atoms with Crippen LogP contribution in [0.1, 0.15) is 364 Å². The molecule has 17 heteroatoms. The van der Waals surface area contributed by atoms with Gasteiger partial charge in [0.2, 0.25) is 0 Å². The van der Waals surface area contributed by atoms with Crippen molar-refractivity contribution in [3.05, 3.63) is 48.5 Å². The summed E-state index contributed by atoms with van der Waals surface area (Å²) in [5, 5.41) is 3.21. The van der Waals surface area contributed by atoms with E-state index in [1.807, 2.05) is 0 Å². The number of benzene rings is 4. The van der Waals surface area contributed by atoms with Crippen molar-refractivity contribution in [1.29, 1.82) is 0 Å². The van der Waals surface area contributed by atoms with Crippen LogP contribution in [0.4, 0.5) is 0 Å². The minimum Gasteiger partial charge on any atom is -0.490 e. The van der Waals surface area contributed by atoms with Gasteiger partial charge in [0.15, 0.2) is 69.3 Å². The molecule has 0 saturated carbocycles. The summed E-state index contributed by atoms with van der Waals surface area (Å²) in [6.07, 6.45) is 55.2. The average Bonchev–Trinajstić information content (AvgIpc) is 1.62. The Kier molecular flexibility index (Phi) is 44.1. The molecule has 0 amide bonds. The SMILES string of the molecule is CCCCCCCCOc1cc2c(cc1OCCCCCCCC)-c1nc-2nc2[nH]c(nc3nc(nc4[nH]c(n1)c1cc(OCCCCCCCC)c(OCCCCCCCC)cc41)-c1cc(OCCCCCCCC)c(OCCCCCCCC)cc1-3)c1cc(OCCCCCCCC)c(OCCCCCCCC)cc21.[Pt+2]. The predicted octanol–water partition coefficient (Wildman–Crippen LogP) is 28.8. The molecule has 0 saturated heterocycles. The average molecular weight is 1740 g/mol. The second-order valence-electron chi connectivity index (χ2n) is 31.9. The van der Waals surface area contributed by atoms with E-state index in [1.54, 1.807) is 0 Å². The van der Waals surface area contributed by atoms with Gasteiger partial charge in [0, 0.05) is 43.8 Å². The fraction of sp³-hybridized carbons (Fsp3) is 0.667. The molecule has 626 valence electrons. The van der Waals surface area contributed by atoms with Crippen LogP contribution >= 0.6 is 0 Å². The third-order valence-electron chi connectivity index (χ3n) is 22.1. The van der Waals surface area contributed by atoms with Crippen molar-refractivity contribution >= 4 is 44.1 Å². The van der Waals surface area contributed by atoms with Gasteiger partial charge in [-0.1, -0.05) is 312 Å². The van der Waals surface area contributed by atoms with Gasteiger partial charge in [-0.3, -0.25) is 0 Å². The quantitative estimate of drug-likeness (QED) is 0.0343. The molecule has 0 spiro atoms. The molecule has 0 radical (unpaired) electrons. The molecule has 5 heterocycles. The topological polar surface area (TPSA) is 183 Å². The number of nitrogens with one attached hydrogen (secondary N) is 2. The zero-order chi connectivity index (χ0) is 78.4. The maximum atomic E-state index is 6.90. The first-order chi connectivity index (χ1) is 55.3. The number of aromatic amines is 2. The van der Waals surface area contributed by atoms with Crippen LogP contribution in [0.2, 0.25) is 0 Å². The van der Waals surface area contributed by atoms with Crippen molar-refractivity contribution in [2.75, 3.05) is 52.9 Å². The maximum Gasteiger partial charge on any atom is 2.00 e. The fourth-order valence-corrected chi connectivity index (χ4v) is 15.2. The monoisotopic (exact) mass is 1730 g/mol. The molecule has 4 aromatic carbocycles. The first kappa shape index (κ1) is 91.8. The molecule has 16 nitrogen and oxygen atoms in total. The summed E-state index contributed by atoms with van der Waals surface area (Å²) in [4.78, 5) is 41.4. The summed E-state index contributed by atoms with van der Waals surface area (Å²) in [6.45, 7) is 22.6. The molecule has 0 atom stereocenters. The molecule has 2 aliphatic rings. The number of hydrogen-bond donors (Lipinski definition) is 2. The number of unbranched alkanes of at least 4 members (excludes halogenated alkanes) is 40. The normalized spacial score (nSPS) is 11.7. The Morgan fingerprint density at radius 1 is 0.186 bits per heavy atom. The molecule has 2 N–H and O–H groups in total. The fourth-order valence-electron chi connectivity index (χ4n) is 15.2. The number of aromatic nitrogens is 8. The standard InChI is InChI=1S/C96H146N8O8.Pt/c1-9-17-25-33-41-49-57-105-81-65-73-74(66-82(81)106-58-50-42-34-26-18-10-2)90-97-89(73)101-91-75-67-83(107-59-51-43-35-27-19-11-3)84(108-60-52-44-36-28-20-12-4)68-76(75)93(98-91)103-95-79-71-87(111-63-55-47-39-31-23-15-7)88(112-64-56-48-40-32-24-16-8)72-80(79)96(100-95)104-94-78-70-86(110-62-54-46-38-30-22-14-6)85(69-77(78)92(99-94)102-90)109-61-53-45-37-29-21-13-5;/h65-72H,9-64H2,1-8H3,(H2,97,98,99,100,101,102,103,104);/q;+2. The number of rotatable bonds is 64. The van der Waals surface area contributed by atoms with E-state index in [0.29, 0.717) is 145 Å². The van der Waals surface area contributed by atoms with E-state index in [4.69, 9.17) is 67.8 Å². The Labute approximate surface area is 695 Å². The van der Waals surface area contributed by atoms with Crippen molar-refractivity contribution in [3.63, 3.8) is 0 Å². The minimum atomic E-state index is 0. The van der Waals surface area contributed by atoms with Gasteiger partial charge in [0.1, 0.15) is 22.6 Å². The van der Waals surface area contributed by atoms with Crippen LogP contribution in [0, 0.1) is 0 Å². The molecule has 8 bridgehead atoms. The second kappa shape index (κ2) is 54.3. The van der Waals surface area contributed by atoms with E-state index in [2.05, 4.69) is 114 Å². The Hall–Kier alpha value is -6.67. The van der Waals surface area contributed by atoms with Crippen LogP contribution in [-0.2, 0) is 21.1 Å². The number of H-pyrrole nitrogens is 2. The van der Waals surface area contributed by atoms with Crippen molar-refractivity contribution in [2.24, 2.45) is 0 Å². The molecule has 3 aromatic heterocycles. The van der Waals surface area contributed by atoms with E-state index in [9.17, 15) is 0 Å². The van der Waals surface area contributed by atoms with Crippen molar-refractivity contribution in [2.45, 2.75) is 364 Å². The Morgan fingerprint density at radius 2 is 0.327 bits per heavy atom. The van der Waals surface area contributed by atoms with Crippen LogP contribution in [0.25, 0.3) is 89.7 Å². The summed E-state index contributed by atoms with van der Waals surface area (Å²) < 4.78 is 55.2. The van der Waals surface area contributed by atoms with Gasteiger partial charge in [-0.25, -0.2) is 29.9 Å². The van der Waals surface area contributed by atoms with Gasteiger partial charge in [0.05, 0.1) is 52.9 Å². The van der Waals surface area contributed by atoms with Gasteiger partial charge in [0.25, 0.3) is 0 Å². The summed E-state index contributed by atoms with van der Waals surface area (Å²) in [5.74, 6) is 7.23. The van der Waals surface area contributed by atoms with Gasteiger partial charge in [-0.05, 0) is 99.9 Å². The molecule has 0 aliphatic carbocycles. The number of fused-ring (bicyclic) bond motifs is 20. The van der Waals surface area contributed by atoms with E-state index in [0.717, 1.165) is 147 Å². The van der Waals surface area contributed by atoms with E-state index in [-0.39, 0.29) is 21.1 Å². The van der Waals surface area contributed by atoms with Crippen molar-refractivity contribution in [1.82, 2.24) is 39.9 Å². The number of ether oxygens (including phenoxy) is 8.